The Balaban J connectivity index is 0.971. The molecule has 0 N–H and O–H groups in total. The molecule has 0 radical (unpaired) electrons. The predicted octanol–water partition coefficient (Wildman–Crippen LogP) is 17.6. The monoisotopic (exact) mass is 831 g/mol. The Morgan fingerprint density at radius 3 is 1.54 bits per heavy atom. The molecule has 2 aliphatic carbocycles. The first-order chi connectivity index (χ1) is 31.8. The summed E-state index contributed by atoms with van der Waals surface area (Å²) in [6, 6.07) is 83.3. The summed E-state index contributed by atoms with van der Waals surface area (Å²) in [4.78, 5) is 2.44. The van der Waals surface area contributed by atoms with Gasteiger partial charge in [0.05, 0.1) is 5.69 Å². The average molecular weight is 832 g/mol. The van der Waals surface area contributed by atoms with Gasteiger partial charge in [-0.2, -0.15) is 0 Å². The van der Waals surface area contributed by atoms with Crippen molar-refractivity contribution >= 4 is 27.8 Å². The van der Waals surface area contributed by atoms with Crippen molar-refractivity contribution in [2.45, 2.75) is 38.5 Å². The molecule has 0 spiro atoms. The van der Waals surface area contributed by atoms with Crippen LogP contribution in [-0.2, 0) is 10.8 Å². The third kappa shape index (κ3) is 6.21. The predicted molar refractivity (Wildman–Crippen MR) is 276 cm³/mol. The van der Waals surface area contributed by atoms with Crippen molar-refractivity contribution in [3.63, 3.8) is 0 Å². The molecule has 12 rings (SSSR count). The van der Waals surface area contributed by atoms with Gasteiger partial charge >= 0.3 is 0 Å². The Labute approximate surface area is 383 Å². The summed E-state index contributed by atoms with van der Waals surface area (Å²) >= 11 is 0. The van der Waals surface area contributed by atoms with Crippen molar-refractivity contribution in [3.05, 3.63) is 247 Å². The van der Waals surface area contributed by atoms with Crippen LogP contribution in [0.2, 0.25) is 0 Å². The molecule has 10 aromatic carbocycles. The zero-order chi connectivity index (χ0) is 43.9. The maximum atomic E-state index is 2.44. The van der Waals surface area contributed by atoms with Crippen molar-refractivity contribution in [2.24, 2.45) is 0 Å². The lowest BCUT2D eigenvalue weighted by molar-refractivity contribution is 0.660. The maximum absolute atomic E-state index is 2.44. The molecule has 2 aliphatic rings. The molecule has 10 aromatic rings. The number of para-hydroxylation sites is 1. The highest BCUT2D eigenvalue weighted by Gasteiger charge is 2.38. The number of rotatable bonds is 7. The highest BCUT2D eigenvalue weighted by molar-refractivity contribution is 5.98. The fraction of sp³-hybridized carbons (Fsp3) is 0.0938. The second kappa shape index (κ2) is 14.9. The Hall–Kier alpha value is -7.74. The van der Waals surface area contributed by atoms with Gasteiger partial charge in [0, 0.05) is 27.8 Å². The Kier molecular flexibility index (Phi) is 8.94. The molecular weight excluding hydrogens is 783 g/mol. The van der Waals surface area contributed by atoms with Gasteiger partial charge in [-0.05, 0) is 137 Å². The highest BCUT2D eigenvalue weighted by atomic mass is 15.1. The van der Waals surface area contributed by atoms with Gasteiger partial charge in [-0.15, -0.1) is 0 Å². The minimum absolute atomic E-state index is 0.0565. The molecule has 0 atom stereocenters. The molecule has 1 heteroatoms. The zero-order valence-corrected chi connectivity index (χ0v) is 37.3. The number of anilines is 3. The van der Waals surface area contributed by atoms with Gasteiger partial charge in [0.1, 0.15) is 0 Å². The first-order valence-corrected chi connectivity index (χ1v) is 22.9. The number of fused-ring (bicyclic) bond motifs is 7. The summed E-state index contributed by atoms with van der Waals surface area (Å²) < 4.78 is 0. The van der Waals surface area contributed by atoms with Gasteiger partial charge < -0.3 is 4.90 Å². The lowest BCUT2D eigenvalue weighted by atomic mass is 9.79. The van der Waals surface area contributed by atoms with Gasteiger partial charge in [0.2, 0.25) is 0 Å². The fourth-order valence-electron chi connectivity index (χ4n) is 11.2. The summed E-state index contributed by atoms with van der Waals surface area (Å²) in [5.74, 6) is 0. The highest BCUT2D eigenvalue weighted by Crippen LogP contribution is 2.53. The number of hydrogen-bond acceptors (Lipinski definition) is 1. The smallest absolute Gasteiger partial charge is 0.0540 e. The number of nitrogens with zero attached hydrogens (tertiary/aromatic N) is 1. The lowest BCUT2D eigenvalue weighted by Gasteiger charge is -2.29. The topological polar surface area (TPSA) is 3.24 Å². The Morgan fingerprint density at radius 1 is 0.292 bits per heavy atom. The molecule has 0 saturated heterocycles. The first kappa shape index (κ1) is 38.9. The van der Waals surface area contributed by atoms with Crippen molar-refractivity contribution in [3.8, 4) is 66.8 Å². The lowest BCUT2D eigenvalue weighted by Crippen LogP contribution is -2.16. The molecule has 310 valence electrons. The standard InChI is InChI=1S/C64H49N/c1-63(2)58-27-10-7-22-54(58)56-39-34-45(41-60(56)63)42-30-35-48(36-31-42)65(49-37-32-44(33-38-49)53-25-15-26-57-55-23-8-11-28-59(55)64(3,4)62(53)57)61-29-12-9-21-52(61)47-19-13-18-46(40-47)51-24-14-17-43-16-5-6-20-50(43)51/h5-41H,1-4H3. The normalized spacial score (nSPS) is 13.8. The van der Waals surface area contributed by atoms with E-state index >= 15 is 0 Å². The third-order valence-electron chi connectivity index (χ3n) is 14.5. The van der Waals surface area contributed by atoms with Crippen LogP contribution in [-0.4, -0.2) is 0 Å². The molecule has 0 saturated carbocycles. The largest absolute Gasteiger partial charge is 0.310 e. The van der Waals surface area contributed by atoms with E-state index in [9.17, 15) is 0 Å². The molecule has 0 aromatic heterocycles. The van der Waals surface area contributed by atoms with Crippen molar-refractivity contribution < 1.29 is 0 Å². The van der Waals surface area contributed by atoms with E-state index in [0.29, 0.717) is 0 Å². The summed E-state index contributed by atoms with van der Waals surface area (Å²) in [7, 11) is 0. The van der Waals surface area contributed by atoms with E-state index in [1.807, 2.05) is 0 Å². The van der Waals surface area contributed by atoms with Gasteiger partial charge in [-0.25, -0.2) is 0 Å². The van der Waals surface area contributed by atoms with Gasteiger partial charge in [0.25, 0.3) is 0 Å². The summed E-state index contributed by atoms with van der Waals surface area (Å²) in [5, 5.41) is 2.51. The van der Waals surface area contributed by atoms with E-state index < -0.39 is 0 Å². The van der Waals surface area contributed by atoms with Gasteiger partial charge in [-0.3, -0.25) is 0 Å². The van der Waals surface area contributed by atoms with E-state index in [4.69, 9.17) is 0 Å². The van der Waals surface area contributed by atoms with Crippen LogP contribution in [0.4, 0.5) is 17.1 Å². The van der Waals surface area contributed by atoms with Crippen LogP contribution in [0.5, 0.6) is 0 Å². The van der Waals surface area contributed by atoms with Crippen LogP contribution in [0.3, 0.4) is 0 Å². The Bertz CT molecular complexity index is 3470. The van der Waals surface area contributed by atoms with Crippen molar-refractivity contribution in [1.29, 1.82) is 0 Å². The maximum Gasteiger partial charge on any atom is 0.0540 e. The molecular formula is C64H49N. The molecule has 0 heterocycles. The molecule has 0 fully saturated rings. The zero-order valence-electron chi connectivity index (χ0n) is 37.3. The minimum Gasteiger partial charge on any atom is -0.310 e. The van der Waals surface area contributed by atoms with E-state index in [0.717, 1.165) is 17.1 Å². The first-order valence-electron chi connectivity index (χ1n) is 22.9. The van der Waals surface area contributed by atoms with Gasteiger partial charge in [0.15, 0.2) is 0 Å². The molecule has 0 amide bonds. The van der Waals surface area contributed by atoms with Crippen LogP contribution < -0.4 is 4.90 Å². The molecule has 65 heavy (non-hydrogen) atoms. The Morgan fingerprint density at radius 2 is 0.785 bits per heavy atom. The SMILES string of the molecule is CC1(C)c2ccccc2-c2ccc(-c3ccc(N(c4ccc(-c5cccc6c5C(C)(C)c5ccccc5-6)cc4)c4ccccc4-c4cccc(-c5cccc6ccccc56)c4)cc3)cc21. The van der Waals surface area contributed by atoms with Crippen LogP contribution in [0.1, 0.15) is 49.9 Å². The van der Waals surface area contributed by atoms with Crippen molar-refractivity contribution in [1.82, 2.24) is 0 Å². The quantitative estimate of drug-likeness (QED) is 0.155. The van der Waals surface area contributed by atoms with Crippen LogP contribution in [0, 0.1) is 0 Å². The molecule has 0 unspecified atom stereocenters. The molecule has 1 nitrogen and oxygen atoms in total. The van der Waals surface area contributed by atoms with E-state index in [1.165, 1.54) is 99.8 Å². The average Bonchev–Trinajstić information content (AvgIpc) is 3.74. The van der Waals surface area contributed by atoms with Crippen LogP contribution in [0.15, 0.2) is 224 Å². The van der Waals surface area contributed by atoms with E-state index in [1.54, 1.807) is 0 Å². The minimum atomic E-state index is -0.104. The van der Waals surface area contributed by atoms with Crippen molar-refractivity contribution in [2.75, 3.05) is 4.90 Å². The molecule has 0 aliphatic heterocycles. The summed E-state index contributed by atoms with van der Waals surface area (Å²) in [6.07, 6.45) is 0. The number of benzene rings is 10. The number of hydrogen-bond donors (Lipinski definition) is 0. The third-order valence-corrected chi connectivity index (χ3v) is 14.5. The summed E-state index contributed by atoms with van der Waals surface area (Å²) in [5.41, 5.74) is 23.9. The second-order valence-corrected chi connectivity index (χ2v) is 18.9. The fourth-order valence-corrected chi connectivity index (χ4v) is 11.2. The van der Waals surface area contributed by atoms with Crippen LogP contribution >= 0.6 is 0 Å². The van der Waals surface area contributed by atoms with E-state index in [-0.39, 0.29) is 10.8 Å². The second-order valence-electron chi connectivity index (χ2n) is 18.9. The van der Waals surface area contributed by atoms with Gasteiger partial charge in [-0.1, -0.05) is 210 Å². The van der Waals surface area contributed by atoms with E-state index in [2.05, 4.69) is 257 Å². The van der Waals surface area contributed by atoms with Crippen LogP contribution in [0.25, 0.3) is 77.5 Å². The summed E-state index contributed by atoms with van der Waals surface area (Å²) in [6.45, 7) is 9.45. The molecule has 0 bridgehead atoms.